The number of carbonyl (C=O) groups is 2. The Labute approximate surface area is 172 Å². The van der Waals surface area contributed by atoms with E-state index in [1.165, 1.54) is 4.90 Å². The molecule has 1 atom stereocenters. The Morgan fingerprint density at radius 2 is 1.59 bits per heavy atom. The Hall–Kier alpha value is -2.82. The van der Waals surface area contributed by atoms with Gasteiger partial charge in [0.15, 0.2) is 0 Å². The van der Waals surface area contributed by atoms with Crippen LogP contribution in [0.4, 0.5) is 4.79 Å². The zero-order chi connectivity index (χ0) is 21.0. The summed E-state index contributed by atoms with van der Waals surface area (Å²) in [5, 5.41) is 9.66. The second kappa shape index (κ2) is 9.12. The summed E-state index contributed by atoms with van der Waals surface area (Å²) in [6.07, 6.45) is 0.521. The molecule has 0 spiro atoms. The third kappa shape index (κ3) is 4.44. The van der Waals surface area contributed by atoms with Crippen molar-refractivity contribution in [3.8, 4) is 11.1 Å². The maximum Gasteiger partial charge on any atom is 0.410 e. The molecule has 1 amide bonds. The highest BCUT2D eigenvalue weighted by Gasteiger charge is 2.33. The fraction of sp³-hybridized carbons (Fsp3) is 0.417. The Kier molecular flexibility index (Phi) is 6.57. The molecule has 0 aliphatic heterocycles. The zero-order valence-corrected chi connectivity index (χ0v) is 17.3. The number of benzene rings is 2. The lowest BCUT2D eigenvalue weighted by molar-refractivity contribution is -0.143. The fourth-order valence-corrected chi connectivity index (χ4v) is 4.10. The van der Waals surface area contributed by atoms with Crippen molar-refractivity contribution in [3.05, 3.63) is 59.7 Å². The molecule has 29 heavy (non-hydrogen) atoms. The SMILES string of the molecule is CCCN(C(=O)OCC1c2ccccc2-c2ccccc21)[C@@H](CC(C)C)C(=O)O. The lowest BCUT2D eigenvalue weighted by atomic mass is 9.98. The van der Waals surface area contributed by atoms with Gasteiger partial charge in [0.25, 0.3) is 0 Å². The largest absolute Gasteiger partial charge is 0.480 e. The van der Waals surface area contributed by atoms with Crippen molar-refractivity contribution in [2.45, 2.75) is 45.6 Å². The van der Waals surface area contributed by atoms with Gasteiger partial charge in [-0.1, -0.05) is 69.3 Å². The van der Waals surface area contributed by atoms with Crippen LogP contribution in [0.2, 0.25) is 0 Å². The first-order chi connectivity index (χ1) is 13.9. The van der Waals surface area contributed by atoms with E-state index >= 15 is 0 Å². The van der Waals surface area contributed by atoms with Gasteiger partial charge in [-0.15, -0.1) is 0 Å². The molecule has 154 valence electrons. The molecule has 0 bridgehead atoms. The first-order valence-electron chi connectivity index (χ1n) is 10.3. The monoisotopic (exact) mass is 395 g/mol. The van der Waals surface area contributed by atoms with E-state index in [1.54, 1.807) is 0 Å². The minimum absolute atomic E-state index is 0.0387. The van der Waals surface area contributed by atoms with Crippen LogP contribution < -0.4 is 0 Å². The summed E-state index contributed by atoms with van der Waals surface area (Å²) in [6, 6.07) is 15.4. The molecular weight excluding hydrogens is 366 g/mol. The number of ether oxygens (including phenoxy) is 1. The highest BCUT2D eigenvalue weighted by molar-refractivity contribution is 5.81. The molecule has 0 saturated carbocycles. The molecule has 0 fully saturated rings. The van der Waals surface area contributed by atoms with E-state index in [2.05, 4.69) is 24.3 Å². The van der Waals surface area contributed by atoms with Crippen LogP contribution in [0.5, 0.6) is 0 Å². The van der Waals surface area contributed by atoms with E-state index in [4.69, 9.17) is 4.74 Å². The van der Waals surface area contributed by atoms with Crippen molar-refractivity contribution in [1.29, 1.82) is 0 Å². The van der Waals surface area contributed by atoms with E-state index < -0.39 is 18.1 Å². The Morgan fingerprint density at radius 3 is 2.07 bits per heavy atom. The van der Waals surface area contributed by atoms with Gasteiger partial charge in [-0.25, -0.2) is 9.59 Å². The highest BCUT2D eigenvalue weighted by Crippen LogP contribution is 2.44. The highest BCUT2D eigenvalue weighted by atomic mass is 16.6. The number of hydrogen-bond acceptors (Lipinski definition) is 3. The third-order valence-electron chi connectivity index (χ3n) is 5.39. The third-order valence-corrected chi connectivity index (χ3v) is 5.39. The Morgan fingerprint density at radius 1 is 1.03 bits per heavy atom. The van der Waals surface area contributed by atoms with Crippen molar-refractivity contribution in [2.75, 3.05) is 13.2 Å². The molecule has 0 heterocycles. The van der Waals surface area contributed by atoms with E-state index in [0.29, 0.717) is 19.4 Å². The summed E-state index contributed by atoms with van der Waals surface area (Å²) in [4.78, 5) is 26.0. The molecule has 0 aromatic heterocycles. The number of rotatable bonds is 8. The summed E-state index contributed by atoms with van der Waals surface area (Å²) >= 11 is 0. The van der Waals surface area contributed by atoms with Crippen molar-refractivity contribution in [3.63, 3.8) is 0 Å². The molecule has 1 aliphatic carbocycles. The van der Waals surface area contributed by atoms with Crippen molar-refractivity contribution >= 4 is 12.1 Å². The molecule has 5 nitrogen and oxygen atoms in total. The quantitative estimate of drug-likeness (QED) is 0.671. The number of fused-ring (bicyclic) bond motifs is 3. The lowest BCUT2D eigenvalue weighted by Gasteiger charge is -2.29. The molecular formula is C24H29NO4. The average Bonchev–Trinajstić information content (AvgIpc) is 3.02. The first kappa shape index (κ1) is 20.9. The smallest absolute Gasteiger partial charge is 0.410 e. The van der Waals surface area contributed by atoms with Crippen LogP contribution in [-0.4, -0.2) is 41.3 Å². The van der Waals surface area contributed by atoms with Gasteiger partial charge in [0, 0.05) is 12.5 Å². The lowest BCUT2D eigenvalue weighted by Crippen LogP contribution is -2.46. The van der Waals surface area contributed by atoms with Crippen LogP contribution in [0, 0.1) is 5.92 Å². The van der Waals surface area contributed by atoms with Gasteiger partial charge in [-0.2, -0.15) is 0 Å². The van der Waals surface area contributed by atoms with Crippen LogP contribution in [0.25, 0.3) is 11.1 Å². The summed E-state index contributed by atoms with van der Waals surface area (Å²) in [6.45, 7) is 6.40. The maximum absolute atomic E-state index is 12.9. The maximum atomic E-state index is 12.9. The van der Waals surface area contributed by atoms with Gasteiger partial charge < -0.3 is 9.84 Å². The van der Waals surface area contributed by atoms with Crippen LogP contribution in [0.15, 0.2) is 48.5 Å². The van der Waals surface area contributed by atoms with Crippen LogP contribution in [0.1, 0.15) is 50.7 Å². The summed E-state index contributed by atoms with van der Waals surface area (Å²) in [5.74, 6) is -0.860. The number of aliphatic carboxylic acids is 1. The number of carbonyl (C=O) groups excluding carboxylic acids is 1. The molecule has 3 rings (SSSR count). The molecule has 2 aromatic rings. The van der Waals surface area contributed by atoms with E-state index in [9.17, 15) is 14.7 Å². The zero-order valence-electron chi connectivity index (χ0n) is 17.3. The van der Waals surface area contributed by atoms with Gasteiger partial charge in [0.1, 0.15) is 12.6 Å². The Bertz CT molecular complexity index is 831. The fourth-order valence-electron chi connectivity index (χ4n) is 4.10. The van der Waals surface area contributed by atoms with Crippen LogP contribution in [-0.2, 0) is 9.53 Å². The first-order valence-corrected chi connectivity index (χ1v) is 10.3. The minimum Gasteiger partial charge on any atom is -0.480 e. The predicted octanol–water partition coefficient (Wildman–Crippen LogP) is 5.15. The molecule has 1 aliphatic rings. The van der Waals surface area contributed by atoms with Gasteiger partial charge in [-0.05, 0) is 41.0 Å². The van der Waals surface area contributed by atoms with Crippen LogP contribution >= 0.6 is 0 Å². The molecule has 5 heteroatoms. The Balaban J connectivity index is 1.79. The predicted molar refractivity (Wildman–Crippen MR) is 113 cm³/mol. The number of carboxylic acid groups (broad SMARTS) is 1. The summed E-state index contributed by atoms with van der Waals surface area (Å²) in [5.41, 5.74) is 4.61. The topological polar surface area (TPSA) is 66.8 Å². The number of nitrogens with zero attached hydrogens (tertiary/aromatic N) is 1. The standard InChI is InChI=1S/C24H29NO4/c1-4-13-25(22(23(26)27)14-16(2)3)24(28)29-15-21-19-11-7-5-9-17(19)18-10-6-8-12-20(18)21/h5-12,16,21-22H,4,13-15H2,1-3H3,(H,26,27)/t22-/m0/s1. The van der Waals surface area contributed by atoms with E-state index in [1.807, 2.05) is 45.0 Å². The van der Waals surface area contributed by atoms with Gasteiger partial charge >= 0.3 is 12.1 Å². The van der Waals surface area contributed by atoms with Gasteiger partial charge in [0.05, 0.1) is 0 Å². The number of amides is 1. The normalized spacial score (nSPS) is 13.7. The summed E-state index contributed by atoms with van der Waals surface area (Å²) < 4.78 is 5.69. The molecule has 2 aromatic carbocycles. The van der Waals surface area contributed by atoms with E-state index in [-0.39, 0.29) is 18.4 Å². The molecule has 0 radical (unpaired) electrons. The second-order valence-corrected chi connectivity index (χ2v) is 7.98. The van der Waals surface area contributed by atoms with Gasteiger partial charge in [0.2, 0.25) is 0 Å². The van der Waals surface area contributed by atoms with Crippen molar-refractivity contribution in [2.24, 2.45) is 5.92 Å². The average molecular weight is 395 g/mol. The number of carboxylic acids is 1. The molecule has 0 saturated heterocycles. The minimum atomic E-state index is -0.986. The van der Waals surface area contributed by atoms with Crippen molar-refractivity contribution in [1.82, 2.24) is 4.90 Å². The van der Waals surface area contributed by atoms with Gasteiger partial charge in [-0.3, -0.25) is 4.90 Å². The van der Waals surface area contributed by atoms with E-state index in [0.717, 1.165) is 22.3 Å². The van der Waals surface area contributed by atoms with Crippen LogP contribution in [0.3, 0.4) is 0 Å². The summed E-state index contributed by atoms with van der Waals surface area (Å²) in [7, 11) is 0. The number of hydrogen-bond donors (Lipinski definition) is 1. The second-order valence-electron chi connectivity index (χ2n) is 7.98. The molecule has 1 N–H and O–H groups in total. The van der Waals surface area contributed by atoms with Crippen molar-refractivity contribution < 1.29 is 19.4 Å². The molecule has 0 unspecified atom stereocenters.